The van der Waals surface area contributed by atoms with E-state index in [0.717, 1.165) is 56.2 Å². The van der Waals surface area contributed by atoms with E-state index in [4.69, 9.17) is 14.2 Å². The van der Waals surface area contributed by atoms with Crippen LogP contribution in [0.3, 0.4) is 0 Å². The number of ether oxygens (including phenoxy) is 3. The van der Waals surface area contributed by atoms with Crippen LogP contribution in [0.5, 0.6) is 11.5 Å². The topological polar surface area (TPSA) is 39.7 Å². The number of hydrogen-bond donors (Lipinski definition) is 1. The van der Waals surface area contributed by atoms with Gasteiger partial charge in [-0.2, -0.15) is 0 Å². The minimum absolute atomic E-state index is 0.118. The van der Waals surface area contributed by atoms with Gasteiger partial charge >= 0.3 is 0 Å². The maximum atomic E-state index is 6.38. The lowest BCUT2D eigenvalue weighted by molar-refractivity contribution is -0.0355. The Labute approximate surface area is 133 Å². The van der Waals surface area contributed by atoms with Crippen molar-refractivity contribution in [3.63, 3.8) is 0 Å². The van der Waals surface area contributed by atoms with Crippen molar-refractivity contribution in [2.75, 3.05) is 26.3 Å². The van der Waals surface area contributed by atoms with Crippen LogP contribution in [0.15, 0.2) is 18.2 Å². The summed E-state index contributed by atoms with van der Waals surface area (Å²) in [5, 5.41) is 3.42. The predicted molar refractivity (Wildman–Crippen MR) is 86.6 cm³/mol. The zero-order valence-corrected chi connectivity index (χ0v) is 13.9. The average molecular weight is 305 g/mol. The summed E-state index contributed by atoms with van der Waals surface area (Å²) in [7, 11) is 0. The van der Waals surface area contributed by atoms with Crippen LogP contribution in [0.2, 0.25) is 0 Å². The van der Waals surface area contributed by atoms with E-state index < -0.39 is 0 Å². The van der Waals surface area contributed by atoms with Crippen molar-refractivity contribution >= 4 is 0 Å². The van der Waals surface area contributed by atoms with Crippen LogP contribution in [-0.4, -0.2) is 31.9 Å². The molecule has 2 aliphatic rings. The van der Waals surface area contributed by atoms with E-state index in [-0.39, 0.29) is 11.7 Å². The largest absolute Gasteiger partial charge is 0.493 e. The van der Waals surface area contributed by atoms with Gasteiger partial charge in [0, 0.05) is 37.6 Å². The highest BCUT2D eigenvalue weighted by atomic mass is 16.5. The zero-order chi connectivity index (χ0) is 15.6. The van der Waals surface area contributed by atoms with E-state index in [0.29, 0.717) is 5.92 Å². The van der Waals surface area contributed by atoms with Gasteiger partial charge in [0.05, 0.1) is 12.7 Å². The number of hydrogen-bond acceptors (Lipinski definition) is 4. The SMILES string of the molecule is CCOC1CC2(CCNC2)Oc2cc(OCC(C)C)ccc21. The van der Waals surface area contributed by atoms with Gasteiger partial charge in [-0.15, -0.1) is 0 Å². The van der Waals surface area contributed by atoms with Crippen LogP contribution < -0.4 is 14.8 Å². The van der Waals surface area contributed by atoms with Crippen LogP contribution in [0.4, 0.5) is 0 Å². The summed E-state index contributed by atoms with van der Waals surface area (Å²) in [6.45, 7) is 9.71. The molecule has 1 aromatic rings. The second-order valence-electron chi connectivity index (χ2n) is 6.76. The second kappa shape index (κ2) is 6.47. The normalized spacial score (nSPS) is 27.0. The molecule has 1 aromatic carbocycles. The lowest BCUT2D eigenvalue weighted by Gasteiger charge is -2.39. The van der Waals surface area contributed by atoms with E-state index in [1.807, 2.05) is 12.1 Å². The molecule has 0 bridgehead atoms. The summed E-state index contributed by atoms with van der Waals surface area (Å²) in [5.74, 6) is 2.32. The standard InChI is InChI=1S/C18H27NO3/c1-4-20-17-10-18(7-8-19-12-18)22-16-9-14(5-6-15(16)17)21-11-13(2)3/h5-6,9,13,17,19H,4,7-8,10-12H2,1-3H3. The van der Waals surface area contributed by atoms with Gasteiger partial charge in [-0.3, -0.25) is 0 Å². The Morgan fingerprint density at radius 1 is 1.41 bits per heavy atom. The monoisotopic (exact) mass is 305 g/mol. The summed E-state index contributed by atoms with van der Waals surface area (Å²) in [5.41, 5.74) is 1.03. The highest BCUT2D eigenvalue weighted by Crippen LogP contribution is 2.45. The summed E-state index contributed by atoms with van der Waals surface area (Å²) in [4.78, 5) is 0. The Kier molecular flexibility index (Phi) is 4.59. The van der Waals surface area contributed by atoms with Gasteiger partial charge in [0.25, 0.3) is 0 Å². The first-order valence-corrected chi connectivity index (χ1v) is 8.40. The van der Waals surface area contributed by atoms with Crippen LogP contribution >= 0.6 is 0 Å². The van der Waals surface area contributed by atoms with Gasteiger partial charge < -0.3 is 19.5 Å². The molecule has 2 heterocycles. The van der Waals surface area contributed by atoms with Crippen molar-refractivity contribution < 1.29 is 14.2 Å². The first kappa shape index (κ1) is 15.6. The fraction of sp³-hybridized carbons (Fsp3) is 0.667. The maximum absolute atomic E-state index is 6.38. The van der Waals surface area contributed by atoms with Crippen molar-refractivity contribution in [3.8, 4) is 11.5 Å². The zero-order valence-electron chi connectivity index (χ0n) is 13.9. The third-order valence-corrected chi connectivity index (χ3v) is 4.37. The van der Waals surface area contributed by atoms with Crippen LogP contribution in [0.25, 0.3) is 0 Å². The smallest absolute Gasteiger partial charge is 0.129 e. The summed E-state index contributed by atoms with van der Waals surface area (Å²) in [6, 6.07) is 6.16. The van der Waals surface area contributed by atoms with E-state index in [9.17, 15) is 0 Å². The van der Waals surface area contributed by atoms with E-state index >= 15 is 0 Å². The Bertz CT molecular complexity index is 509. The molecular formula is C18H27NO3. The minimum Gasteiger partial charge on any atom is -0.493 e. The molecule has 22 heavy (non-hydrogen) atoms. The fourth-order valence-corrected chi connectivity index (χ4v) is 3.28. The first-order chi connectivity index (χ1) is 10.6. The molecule has 0 aliphatic carbocycles. The second-order valence-corrected chi connectivity index (χ2v) is 6.76. The van der Waals surface area contributed by atoms with Crippen LogP contribution in [0.1, 0.15) is 45.3 Å². The van der Waals surface area contributed by atoms with Crippen molar-refractivity contribution in [1.29, 1.82) is 0 Å². The van der Waals surface area contributed by atoms with Gasteiger partial charge in [-0.1, -0.05) is 13.8 Å². The maximum Gasteiger partial charge on any atom is 0.129 e. The van der Waals surface area contributed by atoms with Crippen molar-refractivity contribution in [1.82, 2.24) is 5.32 Å². The van der Waals surface area contributed by atoms with Gasteiger partial charge in [0.15, 0.2) is 0 Å². The number of rotatable bonds is 5. The highest BCUT2D eigenvalue weighted by Gasteiger charge is 2.43. The lowest BCUT2D eigenvalue weighted by atomic mass is 9.88. The molecule has 2 atom stereocenters. The van der Waals surface area contributed by atoms with Crippen molar-refractivity contribution in [3.05, 3.63) is 23.8 Å². The van der Waals surface area contributed by atoms with Crippen molar-refractivity contribution in [2.24, 2.45) is 5.92 Å². The quantitative estimate of drug-likeness (QED) is 0.906. The molecule has 0 aromatic heterocycles. The van der Waals surface area contributed by atoms with E-state index in [1.165, 1.54) is 0 Å². The lowest BCUT2D eigenvalue weighted by Crippen LogP contribution is -2.43. The molecule has 0 radical (unpaired) electrons. The summed E-state index contributed by atoms with van der Waals surface area (Å²) in [6.07, 6.45) is 2.08. The predicted octanol–water partition coefficient (Wildman–Crippen LogP) is 3.31. The average Bonchev–Trinajstić information content (AvgIpc) is 2.92. The van der Waals surface area contributed by atoms with Crippen LogP contribution in [0, 0.1) is 5.92 Å². The Hall–Kier alpha value is -1.26. The molecule has 3 rings (SSSR count). The molecule has 4 heteroatoms. The van der Waals surface area contributed by atoms with Crippen LogP contribution in [-0.2, 0) is 4.74 Å². The molecule has 1 spiro atoms. The van der Waals surface area contributed by atoms with Crippen molar-refractivity contribution in [2.45, 2.75) is 45.3 Å². The molecular weight excluding hydrogens is 278 g/mol. The third-order valence-electron chi connectivity index (χ3n) is 4.37. The summed E-state index contributed by atoms with van der Waals surface area (Å²) >= 11 is 0. The highest BCUT2D eigenvalue weighted by molar-refractivity contribution is 5.44. The molecule has 4 nitrogen and oxygen atoms in total. The molecule has 2 unspecified atom stereocenters. The van der Waals surface area contributed by atoms with Gasteiger partial charge in [0.2, 0.25) is 0 Å². The molecule has 0 amide bonds. The van der Waals surface area contributed by atoms with Gasteiger partial charge in [0.1, 0.15) is 17.1 Å². The molecule has 2 aliphatic heterocycles. The third kappa shape index (κ3) is 3.23. The minimum atomic E-state index is -0.122. The Morgan fingerprint density at radius 2 is 2.27 bits per heavy atom. The van der Waals surface area contributed by atoms with Gasteiger partial charge in [-0.05, 0) is 31.5 Å². The number of benzene rings is 1. The number of fused-ring (bicyclic) bond motifs is 1. The molecule has 0 saturated carbocycles. The van der Waals surface area contributed by atoms with Gasteiger partial charge in [-0.25, -0.2) is 0 Å². The molecule has 1 fully saturated rings. The summed E-state index contributed by atoms with van der Waals surface area (Å²) < 4.78 is 18.2. The Morgan fingerprint density at radius 3 is 2.95 bits per heavy atom. The van der Waals surface area contributed by atoms with E-state index in [2.05, 4.69) is 32.2 Å². The molecule has 122 valence electrons. The fourth-order valence-electron chi connectivity index (χ4n) is 3.28. The molecule has 1 N–H and O–H groups in total. The number of nitrogens with one attached hydrogen (secondary N) is 1. The van der Waals surface area contributed by atoms with E-state index in [1.54, 1.807) is 0 Å². The molecule has 1 saturated heterocycles. The first-order valence-electron chi connectivity index (χ1n) is 8.40. The Balaban J connectivity index is 1.85.